The maximum atomic E-state index is 9.16. The summed E-state index contributed by atoms with van der Waals surface area (Å²) < 4.78 is 4.61. The van der Waals surface area contributed by atoms with Gasteiger partial charge in [-0.15, -0.1) is 22.7 Å². The number of hydrogen-bond donors (Lipinski definition) is 0. The lowest BCUT2D eigenvalue weighted by Gasteiger charge is -2.02. The number of rotatable bonds is 3. The van der Waals surface area contributed by atoms with Crippen molar-refractivity contribution in [1.82, 2.24) is 4.57 Å². The van der Waals surface area contributed by atoms with Gasteiger partial charge >= 0.3 is 0 Å². The zero-order valence-corrected chi connectivity index (χ0v) is 19.3. The Morgan fingerprint density at radius 3 is 1.93 bits per heavy atom. The predicted octanol–water partition coefficient (Wildman–Crippen LogP) is 6.08. The molecule has 0 aliphatic rings. The van der Waals surface area contributed by atoms with Crippen molar-refractivity contribution in [2.75, 3.05) is 0 Å². The number of benzene rings is 1. The Balaban J connectivity index is 2.07. The lowest BCUT2D eigenvalue weighted by Crippen LogP contribution is -2.32. The van der Waals surface area contributed by atoms with Crippen molar-refractivity contribution in [2.24, 2.45) is 14.1 Å². The van der Waals surface area contributed by atoms with Crippen molar-refractivity contribution in [2.45, 2.75) is 27.7 Å². The molecule has 0 spiro atoms. The highest BCUT2D eigenvalue weighted by Crippen LogP contribution is 2.41. The summed E-state index contributed by atoms with van der Waals surface area (Å²) in [4.78, 5) is 5.32. The van der Waals surface area contributed by atoms with Crippen LogP contribution in [0.15, 0.2) is 36.4 Å². The molecule has 1 aromatic carbocycles. The average Bonchev–Trinajstić information content (AvgIpc) is 3.27. The van der Waals surface area contributed by atoms with E-state index in [1.807, 2.05) is 46.9 Å². The predicted molar refractivity (Wildman–Crippen MR) is 122 cm³/mol. The molecule has 0 N–H and O–H groups in total. The van der Waals surface area contributed by atoms with Crippen LogP contribution >= 0.6 is 22.7 Å². The van der Waals surface area contributed by atoms with Crippen LogP contribution in [0.25, 0.3) is 33.9 Å². The van der Waals surface area contributed by atoms with Gasteiger partial charge in [0.2, 0.25) is 0 Å². The molecule has 4 rings (SSSR count). The third-order valence-corrected chi connectivity index (χ3v) is 7.33. The molecule has 0 unspecified atom stereocenters. The molecule has 3 heterocycles. The first-order chi connectivity index (χ1) is 13.8. The SMILES string of the molecule is Cc1cc(-c2c(-c3cc(C)sc3C)[n+](C)c(-c3ccc(C#N)cc3)n2C)c(C)s1. The Bertz CT molecular complexity index is 1190. The number of hydrogen-bond acceptors (Lipinski definition) is 3. The van der Waals surface area contributed by atoms with E-state index in [1.165, 1.54) is 42.0 Å². The summed E-state index contributed by atoms with van der Waals surface area (Å²) in [6.45, 7) is 8.75. The number of aromatic nitrogens is 2. The normalized spacial score (nSPS) is 11.1. The molecule has 0 fully saturated rings. The second-order valence-electron chi connectivity index (χ2n) is 7.48. The summed E-state index contributed by atoms with van der Waals surface area (Å²) in [7, 11) is 4.29. The first kappa shape index (κ1) is 19.6. The van der Waals surface area contributed by atoms with Gasteiger partial charge in [0.15, 0.2) is 11.4 Å². The van der Waals surface area contributed by atoms with Crippen LogP contribution in [-0.4, -0.2) is 4.57 Å². The Labute approximate surface area is 180 Å². The van der Waals surface area contributed by atoms with Crippen LogP contribution in [0.1, 0.15) is 25.1 Å². The number of nitrogens with zero attached hydrogens (tertiary/aromatic N) is 3. The van der Waals surface area contributed by atoms with E-state index in [2.05, 4.69) is 69.1 Å². The van der Waals surface area contributed by atoms with Crippen molar-refractivity contribution in [3.05, 3.63) is 61.5 Å². The zero-order valence-electron chi connectivity index (χ0n) is 17.6. The highest BCUT2D eigenvalue weighted by molar-refractivity contribution is 7.12. The fourth-order valence-corrected chi connectivity index (χ4v) is 6.03. The summed E-state index contributed by atoms with van der Waals surface area (Å²) in [5.74, 6) is 1.13. The molecule has 0 radical (unpaired) electrons. The molecular weight excluding hydrogens is 394 g/mol. The van der Waals surface area contributed by atoms with Crippen molar-refractivity contribution in [3.8, 4) is 40.0 Å². The summed E-state index contributed by atoms with van der Waals surface area (Å²) >= 11 is 3.69. The minimum absolute atomic E-state index is 0.680. The molecular formula is C24H24N3S2+. The second-order valence-corrected chi connectivity index (χ2v) is 10.4. The van der Waals surface area contributed by atoms with Gasteiger partial charge in [0, 0.05) is 30.6 Å². The maximum absolute atomic E-state index is 9.16. The highest BCUT2D eigenvalue weighted by Gasteiger charge is 2.32. The van der Waals surface area contributed by atoms with Crippen molar-refractivity contribution >= 4 is 22.7 Å². The van der Waals surface area contributed by atoms with Gasteiger partial charge in [-0.1, -0.05) is 0 Å². The van der Waals surface area contributed by atoms with Gasteiger partial charge in [0.05, 0.1) is 31.3 Å². The number of aryl methyl sites for hydroxylation is 4. The van der Waals surface area contributed by atoms with Gasteiger partial charge < -0.3 is 0 Å². The smallest absolute Gasteiger partial charge is 0.225 e. The average molecular weight is 419 g/mol. The van der Waals surface area contributed by atoms with Crippen molar-refractivity contribution in [3.63, 3.8) is 0 Å². The van der Waals surface area contributed by atoms with E-state index in [-0.39, 0.29) is 0 Å². The minimum Gasteiger partial charge on any atom is -0.225 e. The van der Waals surface area contributed by atoms with Crippen LogP contribution in [-0.2, 0) is 14.1 Å². The molecule has 0 aliphatic carbocycles. The Morgan fingerprint density at radius 2 is 1.45 bits per heavy atom. The molecule has 0 bridgehead atoms. The van der Waals surface area contributed by atoms with Crippen LogP contribution in [0.2, 0.25) is 0 Å². The summed E-state index contributed by atoms with van der Waals surface area (Å²) in [6, 6.07) is 14.7. The van der Waals surface area contributed by atoms with Gasteiger partial charge in [0.1, 0.15) is 0 Å². The summed E-state index contributed by atoms with van der Waals surface area (Å²) in [5.41, 5.74) is 6.87. The van der Waals surface area contributed by atoms with E-state index >= 15 is 0 Å². The second kappa shape index (κ2) is 7.29. The van der Waals surface area contributed by atoms with Gasteiger partial charge in [-0.05, 0) is 64.1 Å². The quantitative estimate of drug-likeness (QED) is 0.371. The van der Waals surface area contributed by atoms with E-state index in [4.69, 9.17) is 5.26 Å². The molecule has 146 valence electrons. The Kier molecular flexibility index (Phi) is 4.94. The van der Waals surface area contributed by atoms with Gasteiger partial charge in [0.25, 0.3) is 5.82 Å². The monoisotopic (exact) mass is 418 g/mol. The molecule has 5 heteroatoms. The molecule has 0 atom stereocenters. The van der Waals surface area contributed by atoms with Crippen LogP contribution < -0.4 is 4.57 Å². The number of imidazole rings is 1. The summed E-state index contributed by atoms with van der Waals surface area (Å²) in [5, 5.41) is 9.16. The van der Waals surface area contributed by atoms with E-state index in [0.717, 1.165) is 11.4 Å². The van der Waals surface area contributed by atoms with E-state index in [1.54, 1.807) is 0 Å². The van der Waals surface area contributed by atoms with E-state index in [0.29, 0.717) is 5.56 Å². The molecule has 0 aliphatic heterocycles. The van der Waals surface area contributed by atoms with E-state index < -0.39 is 0 Å². The van der Waals surface area contributed by atoms with Crippen LogP contribution in [0.4, 0.5) is 0 Å². The molecule has 29 heavy (non-hydrogen) atoms. The maximum Gasteiger partial charge on any atom is 0.289 e. The highest BCUT2D eigenvalue weighted by atomic mass is 32.1. The van der Waals surface area contributed by atoms with Crippen LogP contribution in [0, 0.1) is 39.0 Å². The standard InChI is InChI=1S/C24H24N3S2/c1-14-11-20(16(3)28-14)22-23(21-12-15(2)29-17(21)4)27(6)24(26(22)5)19-9-7-18(13-25)8-10-19/h7-12H,1-6H3/q+1. The van der Waals surface area contributed by atoms with Crippen molar-refractivity contribution in [1.29, 1.82) is 5.26 Å². The molecule has 0 amide bonds. The van der Waals surface area contributed by atoms with Crippen LogP contribution in [0.3, 0.4) is 0 Å². The van der Waals surface area contributed by atoms with Gasteiger partial charge in [-0.25, -0.2) is 9.13 Å². The topological polar surface area (TPSA) is 32.6 Å². The Hall–Kier alpha value is -2.68. The molecule has 3 aromatic heterocycles. The molecule has 4 aromatic rings. The molecule has 0 saturated carbocycles. The first-order valence-electron chi connectivity index (χ1n) is 9.56. The largest absolute Gasteiger partial charge is 0.289 e. The lowest BCUT2D eigenvalue weighted by atomic mass is 10.1. The number of nitriles is 1. The van der Waals surface area contributed by atoms with Crippen LogP contribution in [0.5, 0.6) is 0 Å². The van der Waals surface area contributed by atoms with Gasteiger partial charge in [-0.2, -0.15) is 5.26 Å². The third-order valence-electron chi connectivity index (χ3n) is 5.39. The fourth-order valence-electron chi connectivity index (χ4n) is 4.18. The first-order valence-corrected chi connectivity index (χ1v) is 11.2. The van der Waals surface area contributed by atoms with Crippen molar-refractivity contribution < 1.29 is 4.57 Å². The third kappa shape index (κ3) is 3.23. The fraction of sp³-hybridized carbons (Fsp3) is 0.250. The summed E-state index contributed by atoms with van der Waals surface area (Å²) in [6.07, 6.45) is 0. The minimum atomic E-state index is 0.680. The lowest BCUT2D eigenvalue weighted by molar-refractivity contribution is -0.648. The number of thiophene rings is 2. The molecule has 0 saturated heterocycles. The van der Waals surface area contributed by atoms with Gasteiger partial charge in [-0.3, -0.25) is 0 Å². The van der Waals surface area contributed by atoms with E-state index in [9.17, 15) is 0 Å². The molecule has 3 nitrogen and oxygen atoms in total. The zero-order chi connectivity index (χ0) is 20.9. The Morgan fingerprint density at radius 1 is 0.897 bits per heavy atom.